The summed E-state index contributed by atoms with van der Waals surface area (Å²) in [5.74, 6) is 0.651. The lowest BCUT2D eigenvalue weighted by atomic mass is 10.1. The summed E-state index contributed by atoms with van der Waals surface area (Å²) in [6, 6.07) is 12.6. The van der Waals surface area contributed by atoms with Crippen LogP contribution in [0.15, 0.2) is 53.7 Å². The van der Waals surface area contributed by atoms with Gasteiger partial charge in [0.1, 0.15) is 11.4 Å². The largest absolute Gasteiger partial charge is 0.494 e. The highest BCUT2D eigenvalue weighted by Gasteiger charge is 2.32. The number of tetrazole rings is 1. The van der Waals surface area contributed by atoms with Gasteiger partial charge < -0.3 is 4.74 Å². The first kappa shape index (κ1) is 17.3. The highest BCUT2D eigenvalue weighted by atomic mass is 32.2. The lowest BCUT2D eigenvalue weighted by Gasteiger charge is -2.12. The van der Waals surface area contributed by atoms with Crippen LogP contribution < -0.4 is 4.74 Å². The van der Waals surface area contributed by atoms with E-state index in [9.17, 15) is 13.2 Å². The van der Waals surface area contributed by atoms with E-state index in [1.165, 1.54) is 23.9 Å². The molecule has 2 aromatic carbocycles. The Balaban J connectivity index is 1.87. The molecule has 0 spiro atoms. The zero-order valence-corrected chi connectivity index (χ0v) is 13.9. The van der Waals surface area contributed by atoms with Crippen molar-refractivity contribution >= 4 is 11.8 Å². The van der Waals surface area contributed by atoms with Crippen LogP contribution in [0.5, 0.6) is 5.75 Å². The van der Waals surface area contributed by atoms with Gasteiger partial charge in [0.25, 0.3) is 0 Å². The third kappa shape index (κ3) is 3.76. The van der Waals surface area contributed by atoms with Crippen molar-refractivity contribution in [1.82, 2.24) is 20.2 Å². The Bertz CT molecular complexity index is 866. The summed E-state index contributed by atoms with van der Waals surface area (Å²) in [4.78, 5) is 0. The van der Waals surface area contributed by atoms with Crippen molar-refractivity contribution in [1.29, 1.82) is 0 Å². The summed E-state index contributed by atoms with van der Waals surface area (Å²) in [6.07, 6.45) is -4.40. The second kappa shape index (κ2) is 7.14. The smallest absolute Gasteiger partial charge is 0.416 e. The van der Waals surface area contributed by atoms with Crippen LogP contribution in [0.25, 0.3) is 5.69 Å². The molecule has 0 unspecified atom stereocenters. The molecule has 9 heteroatoms. The van der Waals surface area contributed by atoms with Gasteiger partial charge in [-0.1, -0.05) is 42.1 Å². The second-order valence-electron chi connectivity index (χ2n) is 4.99. The topological polar surface area (TPSA) is 52.8 Å². The van der Waals surface area contributed by atoms with Crippen molar-refractivity contribution in [2.24, 2.45) is 0 Å². The molecule has 3 aromatic rings. The molecule has 0 atom stereocenters. The van der Waals surface area contributed by atoms with E-state index in [0.717, 1.165) is 17.8 Å². The maximum atomic E-state index is 13.1. The normalized spacial score (nSPS) is 11.5. The number of para-hydroxylation sites is 2. The van der Waals surface area contributed by atoms with Crippen molar-refractivity contribution in [3.63, 3.8) is 0 Å². The number of hydrogen-bond acceptors (Lipinski definition) is 5. The molecule has 0 fully saturated rings. The van der Waals surface area contributed by atoms with Crippen molar-refractivity contribution < 1.29 is 17.9 Å². The fourth-order valence-electron chi connectivity index (χ4n) is 2.29. The summed E-state index contributed by atoms with van der Waals surface area (Å²) in [5, 5.41) is 11.8. The molecule has 0 radical (unpaired) electrons. The highest BCUT2D eigenvalue weighted by Crippen LogP contribution is 2.35. The molecule has 0 aliphatic rings. The maximum absolute atomic E-state index is 13.1. The first-order chi connectivity index (χ1) is 12.0. The molecular formula is C16H13F3N4OS. The van der Waals surface area contributed by atoms with E-state index in [2.05, 4.69) is 15.5 Å². The predicted molar refractivity (Wildman–Crippen MR) is 86.7 cm³/mol. The number of ether oxygens (including phenoxy) is 1. The van der Waals surface area contributed by atoms with Crippen LogP contribution in [0.3, 0.4) is 0 Å². The molecule has 0 aliphatic heterocycles. The van der Waals surface area contributed by atoms with Crippen molar-refractivity contribution in [3.05, 3.63) is 59.7 Å². The fourth-order valence-corrected chi connectivity index (χ4v) is 3.18. The molecule has 0 bridgehead atoms. The molecule has 0 saturated carbocycles. The van der Waals surface area contributed by atoms with Crippen LogP contribution >= 0.6 is 11.8 Å². The molecule has 0 saturated heterocycles. The van der Waals surface area contributed by atoms with Gasteiger partial charge in [-0.05, 0) is 34.2 Å². The molecule has 3 rings (SSSR count). The summed E-state index contributed by atoms with van der Waals surface area (Å²) in [7, 11) is 1.52. The molecular weight excluding hydrogens is 353 g/mol. The lowest BCUT2D eigenvalue weighted by molar-refractivity contribution is -0.138. The monoisotopic (exact) mass is 366 g/mol. The summed E-state index contributed by atoms with van der Waals surface area (Å²) in [6.45, 7) is 0. The van der Waals surface area contributed by atoms with Gasteiger partial charge in [-0.2, -0.15) is 17.9 Å². The van der Waals surface area contributed by atoms with E-state index in [1.807, 2.05) is 0 Å². The van der Waals surface area contributed by atoms with Gasteiger partial charge in [0.05, 0.1) is 12.7 Å². The minimum Gasteiger partial charge on any atom is -0.494 e. The molecule has 0 amide bonds. The third-order valence-corrected chi connectivity index (χ3v) is 4.40. The van der Waals surface area contributed by atoms with Crippen LogP contribution in [0.1, 0.15) is 11.1 Å². The number of methoxy groups -OCH3 is 1. The number of rotatable bonds is 5. The van der Waals surface area contributed by atoms with Crippen molar-refractivity contribution in [3.8, 4) is 11.4 Å². The van der Waals surface area contributed by atoms with E-state index in [1.54, 1.807) is 30.3 Å². The third-order valence-electron chi connectivity index (χ3n) is 3.43. The number of thioether (sulfide) groups is 1. The van der Waals surface area contributed by atoms with E-state index < -0.39 is 11.7 Å². The molecule has 0 N–H and O–H groups in total. The first-order valence-corrected chi connectivity index (χ1v) is 8.19. The number of hydrogen-bond donors (Lipinski definition) is 0. The summed E-state index contributed by atoms with van der Waals surface area (Å²) < 4.78 is 46.0. The average molecular weight is 366 g/mol. The quantitative estimate of drug-likeness (QED) is 0.639. The Labute approximate surface area is 145 Å². The Hall–Kier alpha value is -2.55. The predicted octanol–water partition coefficient (Wildman–Crippen LogP) is 3.98. The first-order valence-electron chi connectivity index (χ1n) is 7.20. The van der Waals surface area contributed by atoms with Gasteiger partial charge in [-0.25, -0.2) is 0 Å². The van der Waals surface area contributed by atoms with Crippen LogP contribution in [-0.4, -0.2) is 27.3 Å². The zero-order chi connectivity index (χ0) is 17.9. The van der Waals surface area contributed by atoms with Crippen molar-refractivity contribution in [2.75, 3.05) is 7.11 Å². The highest BCUT2D eigenvalue weighted by molar-refractivity contribution is 7.98. The molecule has 1 aromatic heterocycles. The molecule has 25 heavy (non-hydrogen) atoms. The summed E-state index contributed by atoms with van der Waals surface area (Å²) >= 11 is 1.12. The fraction of sp³-hybridized carbons (Fsp3) is 0.188. The number of aromatic nitrogens is 4. The van der Waals surface area contributed by atoms with Gasteiger partial charge in [0, 0.05) is 5.75 Å². The summed E-state index contributed by atoms with van der Waals surface area (Å²) in [5.41, 5.74) is 0.134. The van der Waals surface area contributed by atoms with E-state index in [4.69, 9.17) is 4.74 Å². The van der Waals surface area contributed by atoms with Crippen LogP contribution in [0, 0.1) is 0 Å². The van der Waals surface area contributed by atoms with E-state index in [0.29, 0.717) is 16.6 Å². The zero-order valence-electron chi connectivity index (χ0n) is 13.1. The number of alkyl halides is 3. The van der Waals surface area contributed by atoms with E-state index in [-0.39, 0.29) is 11.3 Å². The maximum Gasteiger partial charge on any atom is 0.416 e. The molecule has 1 heterocycles. The Morgan fingerprint density at radius 3 is 2.56 bits per heavy atom. The van der Waals surface area contributed by atoms with Crippen LogP contribution in [0.2, 0.25) is 0 Å². The standard InChI is InChI=1S/C16H13F3N4OS/c1-24-14-9-5-4-8-13(14)23-15(20-21-22-23)25-10-11-6-2-3-7-12(11)16(17,18)19/h2-9H,10H2,1H3. The van der Waals surface area contributed by atoms with Gasteiger partial charge in [0.15, 0.2) is 0 Å². The Kier molecular flexibility index (Phi) is 4.93. The minimum absolute atomic E-state index is 0.0885. The van der Waals surface area contributed by atoms with Gasteiger partial charge in [-0.3, -0.25) is 0 Å². The van der Waals surface area contributed by atoms with Crippen LogP contribution in [0.4, 0.5) is 13.2 Å². The van der Waals surface area contributed by atoms with Gasteiger partial charge >= 0.3 is 6.18 Å². The number of benzene rings is 2. The van der Waals surface area contributed by atoms with Crippen LogP contribution in [-0.2, 0) is 11.9 Å². The van der Waals surface area contributed by atoms with E-state index >= 15 is 0 Å². The number of halogens is 3. The number of nitrogens with zero attached hydrogens (tertiary/aromatic N) is 4. The average Bonchev–Trinajstić information content (AvgIpc) is 3.07. The minimum atomic E-state index is -4.40. The Morgan fingerprint density at radius 2 is 1.80 bits per heavy atom. The molecule has 5 nitrogen and oxygen atoms in total. The SMILES string of the molecule is COc1ccccc1-n1nnnc1SCc1ccccc1C(F)(F)F. The van der Waals surface area contributed by atoms with Gasteiger partial charge in [-0.15, -0.1) is 5.10 Å². The van der Waals surface area contributed by atoms with Crippen molar-refractivity contribution in [2.45, 2.75) is 17.1 Å². The Morgan fingerprint density at radius 1 is 1.08 bits per heavy atom. The molecule has 130 valence electrons. The second-order valence-corrected chi connectivity index (χ2v) is 5.93. The molecule has 0 aliphatic carbocycles. The lowest BCUT2D eigenvalue weighted by Crippen LogP contribution is -2.08. The van der Waals surface area contributed by atoms with Gasteiger partial charge in [0.2, 0.25) is 5.16 Å².